The van der Waals surface area contributed by atoms with E-state index in [1.54, 1.807) is 0 Å². The number of unbranched alkanes of at least 4 members (excludes halogenated alkanes) is 2. The first kappa shape index (κ1) is 23.1. The SMILES string of the molecule is CCCCC[C@@H]1CC[C@H]2[C@H](C[C@]3(C4CC4)Cc4c(cccc4OCC(N)=O)C[C@]23C)ONO1. The molecule has 1 aromatic rings. The second kappa shape index (κ2) is 9.20. The second-order valence-electron chi connectivity index (χ2n) is 11.2. The zero-order valence-electron chi connectivity index (χ0n) is 20.2. The van der Waals surface area contributed by atoms with Crippen LogP contribution in [0.4, 0.5) is 0 Å². The zero-order valence-corrected chi connectivity index (χ0v) is 20.2. The Bertz CT molecular complexity index is 872. The van der Waals surface area contributed by atoms with Gasteiger partial charge in [-0.25, -0.2) is 0 Å². The Kier molecular flexibility index (Phi) is 6.45. The number of primary amides is 1. The van der Waals surface area contributed by atoms with E-state index < -0.39 is 5.91 Å². The number of hydrogen-bond acceptors (Lipinski definition) is 5. The van der Waals surface area contributed by atoms with Crippen LogP contribution in [0.2, 0.25) is 0 Å². The van der Waals surface area contributed by atoms with Crippen molar-refractivity contribution in [3.05, 3.63) is 29.3 Å². The molecule has 2 saturated carbocycles. The first-order chi connectivity index (χ1) is 16.0. The number of benzene rings is 1. The molecule has 1 heterocycles. The van der Waals surface area contributed by atoms with E-state index in [0.29, 0.717) is 5.92 Å². The van der Waals surface area contributed by atoms with E-state index in [1.165, 1.54) is 43.2 Å². The number of fused-ring (bicyclic) bond motifs is 4. The summed E-state index contributed by atoms with van der Waals surface area (Å²) in [5.74, 6) is 1.64. The molecule has 182 valence electrons. The van der Waals surface area contributed by atoms with Gasteiger partial charge in [-0.3, -0.25) is 14.5 Å². The van der Waals surface area contributed by atoms with Crippen molar-refractivity contribution in [3.63, 3.8) is 0 Å². The number of amides is 1. The highest BCUT2D eigenvalue weighted by molar-refractivity contribution is 5.75. The van der Waals surface area contributed by atoms with Crippen LogP contribution in [0, 0.1) is 22.7 Å². The molecule has 0 aromatic heterocycles. The van der Waals surface area contributed by atoms with E-state index in [9.17, 15) is 4.79 Å². The van der Waals surface area contributed by atoms with Crippen molar-refractivity contribution in [2.75, 3.05) is 6.61 Å². The van der Waals surface area contributed by atoms with E-state index in [0.717, 1.165) is 50.2 Å². The molecular formula is C27H40N2O4. The fourth-order valence-corrected chi connectivity index (χ4v) is 7.52. The number of carbonyl (C=O) groups excluding carboxylic acids is 1. The van der Waals surface area contributed by atoms with Crippen LogP contribution in [0.1, 0.15) is 82.8 Å². The summed E-state index contributed by atoms with van der Waals surface area (Å²) in [5.41, 5.74) is 11.3. The molecule has 3 fully saturated rings. The van der Waals surface area contributed by atoms with Crippen molar-refractivity contribution >= 4 is 5.91 Å². The lowest BCUT2D eigenvalue weighted by Gasteiger charge is -2.51. The molecule has 1 saturated heterocycles. The number of rotatable bonds is 8. The largest absolute Gasteiger partial charge is 0.483 e. The fraction of sp³-hybridized carbons (Fsp3) is 0.741. The zero-order chi connectivity index (χ0) is 23.1. The van der Waals surface area contributed by atoms with Crippen LogP contribution in [0.25, 0.3) is 0 Å². The predicted molar refractivity (Wildman–Crippen MR) is 126 cm³/mol. The minimum atomic E-state index is -0.433. The molecule has 4 aliphatic rings. The summed E-state index contributed by atoms with van der Waals surface area (Å²) >= 11 is 0. The maximum Gasteiger partial charge on any atom is 0.255 e. The Morgan fingerprint density at radius 3 is 2.79 bits per heavy atom. The third kappa shape index (κ3) is 4.19. The molecule has 6 heteroatoms. The molecule has 33 heavy (non-hydrogen) atoms. The Labute approximate surface area is 197 Å². The molecule has 0 unspecified atom stereocenters. The van der Waals surface area contributed by atoms with Crippen molar-refractivity contribution < 1.29 is 19.2 Å². The number of nitrogens with one attached hydrogen (secondary N) is 1. The van der Waals surface area contributed by atoms with E-state index in [2.05, 4.69) is 31.6 Å². The van der Waals surface area contributed by atoms with Gasteiger partial charge in [-0.2, -0.15) is 0 Å². The molecule has 1 aliphatic heterocycles. The van der Waals surface area contributed by atoms with Gasteiger partial charge in [0.05, 0.1) is 12.2 Å². The molecule has 0 radical (unpaired) electrons. The molecular weight excluding hydrogens is 416 g/mol. The summed E-state index contributed by atoms with van der Waals surface area (Å²) in [6.07, 6.45) is 13.1. The second-order valence-corrected chi connectivity index (χ2v) is 11.2. The summed E-state index contributed by atoms with van der Waals surface area (Å²) < 4.78 is 5.87. The van der Waals surface area contributed by atoms with E-state index in [4.69, 9.17) is 20.1 Å². The Hall–Kier alpha value is -1.63. The Morgan fingerprint density at radius 1 is 1.18 bits per heavy atom. The molecule has 0 spiro atoms. The van der Waals surface area contributed by atoms with Crippen LogP contribution in [-0.2, 0) is 27.3 Å². The van der Waals surface area contributed by atoms with Gasteiger partial charge in [0.25, 0.3) is 5.91 Å². The smallest absolute Gasteiger partial charge is 0.255 e. The normalized spacial score (nSPS) is 35.6. The quantitative estimate of drug-likeness (QED) is 0.557. The highest BCUT2D eigenvalue weighted by Gasteiger charge is 2.67. The predicted octanol–water partition coefficient (Wildman–Crippen LogP) is 4.64. The fourth-order valence-electron chi connectivity index (χ4n) is 7.52. The Morgan fingerprint density at radius 2 is 2.03 bits per heavy atom. The number of nitrogens with two attached hydrogens (primary N) is 1. The molecule has 1 aromatic carbocycles. The summed E-state index contributed by atoms with van der Waals surface area (Å²) in [4.78, 5) is 23.5. The van der Waals surface area contributed by atoms with Gasteiger partial charge >= 0.3 is 0 Å². The van der Waals surface area contributed by atoms with Crippen molar-refractivity contribution in [2.24, 2.45) is 28.4 Å². The van der Waals surface area contributed by atoms with Crippen molar-refractivity contribution in [1.29, 1.82) is 0 Å². The van der Waals surface area contributed by atoms with Gasteiger partial charge in [0.15, 0.2) is 6.61 Å². The van der Waals surface area contributed by atoms with Crippen LogP contribution >= 0.6 is 0 Å². The van der Waals surface area contributed by atoms with Gasteiger partial charge in [-0.05, 0) is 91.2 Å². The maximum absolute atomic E-state index is 11.4. The van der Waals surface area contributed by atoms with Crippen LogP contribution in [0.3, 0.4) is 0 Å². The average Bonchev–Trinajstić information content (AvgIpc) is 3.58. The molecule has 1 amide bonds. The summed E-state index contributed by atoms with van der Waals surface area (Å²) in [5, 5.41) is 0. The highest BCUT2D eigenvalue weighted by Crippen LogP contribution is 2.71. The molecule has 6 nitrogen and oxygen atoms in total. The number of hydrogen-bond donors (Lipinski definition) is 2. The van der Waals surface area contributed by atoms with Gasteiger partial charge in [0.2, 0.25) is 0 Å². The standard InChI is InChI=1S/C27H40N2O4/c1-3-4-5-8-20-12-13-22-24(33-29-32-20)16-27(19-10-11-19)15-21-18(14-26(22,27)2)7-6-9-23(21)31-17-25(28)30/h6-7,9,19-20,22,24,29H,3-5,8,10-17H2,1-2H3,(H2,28,30)/t20-,22+,24+,26-,27+/m1/s1. The maximum atomic E-state index is 11.4. The van der Waals surface area contributed by atoms with Gasteiger partial charge in [0.1, 0.15) is 5.75 Å². The summed E-state index contributed by atoms with van der Waals surface area (Å²) in [7, 11) is 0. The van der Waals surface area contributed by atoms with Crippen molar-refractivity contribution in [1.82, 2.24) is 5.64 Å². The summed E-state index contributed by atoms with van der Waals surface area (Å²) in [6, 6.07) is 6.30. The van der Waals surface area contributed by atoms with E-state index in [1.807, 2.05) is 6.07 Å². The molecule has 5 atom stereocenters. The van der Waals surface area contributed by atoms with Gasteiger partial charge in [-0.1, -0.05) is 50.9 Å². The number of carbonyl (C=O) groups is 1. The van der Waals surface area contributed by atoms with Crippen LogP contribution in [0.15, 0.2) is 18.2 Å². The van der Waals surface area contributed by atoms with Crippen LogP contribution < -0.4 is 16.1 Å². The van der Waals surface area contributed by atoms with E-state index >= 15 is 0 Å². The van der Waals surface area contributed by atoms with Gasteiger partial charge in [0, 0.05) is 0 Å². The van der Waals surface area contributed by atoms with Gasteiger partial charge in [-0.15, -0.1) is 0 Å². The minimum absolute atomic E-state index is 0.0702. The van der Waals surface area contributed by atoms with Crippen molar-refractivity contribution in [2.45, 2.75) is 96.7 Å². The topological polar surface area (TPSA) is 82.8 Å². The highest BCUT2D eigenvalue weighted by atomic mass is 16.9. The lowest BCUT2D eigenvalue weighted by atomic mass is 9.52. The lowest BCUT2D eigenvalue weighted by Crippen LogP contribution is -2.48. The molecule has 0 bridgehead atoms. The minimum Gasteiger partial charge on any atom is -0.483 e. The third-order valence-electron chi connectivity index (χ3n) is 9.32. The lowest BCUT2D eigenvalue weighted by molar-refractivity contribution is -0.245. The molecule has 5 rings (SSSR count). The third-order valence-corrected chi connectivity index (χ3v) is 9.32. The number of ether oxygens (including phenoxy) is 1. The first-order valence-electron chi connectivity index (χ1n) is 13.0. The van der Waals surface area contributed by atoms with Crippen LogP contribution in [-0.4, -0.2) is 24.7 Å². The average molecular weight is 457 g/mol. The Balaban J connectivity index is 1.42. The van der Waals surface area contributed by atoms with Crippen LogP contribution in [0.5, 0.6) is 5.75 Å². The van der Waals surface area contributed by atoms with Gasteiger partial charge < -0.3 is 10.5 Å². The van der Waals surface area contributed by atoms with Crippen molar-refractivity contribution in [3.8, 4) is 5.75 Å². The molecule has 3 aliphatic carbocycles. The summed E-state index contributed by atoms with van der Waals surface area (Å²) in [6.45, 7) is 4.71. The molecule has 3 N–H and O–H groups in total. The first-order valence-corrected chi connectivity index (χ1v) is 13.0. The van der Waals surface area contributed by atoms with E-state index in [-0.39, 0.29) is 29.6 Å². The monoisotopic (exact) mass is 456 g/mol.